The summed E-state index contributed by atoms with van der Waals surface area (Å²) in [5.41, 5.74) is 0.459. The van der Waals surface area contributed by atoms with Crippen molar-refractivity contribution >= 4 is 11.0 Å². The fraction of sp³-hybridized carbons (Fsp3) is 0.579. The number of likely N-dealkylation sites (tertiary alicyclic amines) is 1. The largest absolute Gasteiger partial charge is 0.490 e. The summed E-state index contributed by atoms with van der Waals surface area (Å²) in [7, 11) is 2.08. The summed E-state index contributed by atoms with van der Waals surface area (Å²) >= 11 is 0. The molecule has 1 aliphatic rings. The minimum absolute atomic E-state index is 0.0334. The highest BCUT2D eigenvalue weighted by molar-refractivity contribution is 5.79. The van der Waals surface area contributed by atoms with Gasteiger partial charge < -0.3 is 14.1 Å². The first kappa shape index (κ1) is 18.1. The van der Waals surface area contributed by atoms with E-state index in [9.17, 15) is 13.2 Å². The van der Waals surface area contributed by atoms with Crippen molar-refractivity contribution in [1.29, 1.82) is 0 Å². The predicted octanol–water partition coefficient (Wildman–Crippen LogP) is 5.21. The first-order chi connectivity index (χ1) is 11.7. The van der Waals surface area contributed by atoms with Gasteiger partial charge in [-0.3, -0.25) is 0 Å². The molecular weight excluding hydrogens is 331 g/mol. The standard InChI is InChI=1S/C19H24F3NO2/c1-12(2)18(19(20,21)22)17-11-13-10-15(4-5-16(13)25-17)24-14-6-8-23(3)9-7-14/h4-5,10-12,14,18H,6-9H2,1-3H3. The molecule has 25 heavy (non-hydrogen) atoms. The second-order valence-electron chi connectivity index (χ2n) is 7.23. The third-order valence-corrected chi connectivity index (χ3v) is 4.80. The quantitative estimate of drug-likeness (QED) is 0.753. The zero-order chi connectivity index (χ0) is 18.2. The van der Waals surface area contributed by atoms with Crippen molar-refractivity contribution < 1.29 is 22.3 Å². The molecule has 3 rings (SSSR count). The van der Waals surface area contributed by atoms with Crippen LogP contribution in [0.25, 0.3) is 11.0 Å². The van der Waals surface area contributed by atoms with Crippen molar-refractivity contribution in [2.45, 2.75) is 44.9 Å². The Bertz CT molecular complexity index is 715. The average Bonchev–Trinajstić information content (AvgIpc) is 2.90. The maximum absolute atomic E-state index is 13.3. The van der Waals surface area contributed by atoms with Crippen molar-refractivity contribution in [2.75, 3.05) is 20.1 Å². The van der Waals surface area contributed by atoms with Gasteiger partial charge in [-0.2, -0.15) is 13.2 Å². The normalized spacial score (nSPS) is 18.8. The molecule has 1 aromatic carbocycles. The van der Waals surface area contributed by atoms with E-state index in [1.807, 2.05) is 0 Å². The Balaban J connectivity index is 1.81. The number of ether oxygens (including phenoxy) is 1. The Hall–Kier alpha value is -1.69. The van der Waals surface area contributed by atoms with Gasteiger partial charge in [-0.25, -0.2) is 0 Å². The average molecular weight is 355 g/mol. The molecule has 0 amide bonds. The van der Waals surface area contributed by atoms with Crippen LogP contribution in [0.3, 0.4) is 0 Å². The van der Waals surface area contributed by atoms with E-state index in [1.165, 1.54) is 6.07 Å². The maximum Gasteiger partial charge on any atom is 0.399 e. The zero-order valence-electron chi connectivity index (χ0n) is 14.8. The molecule has 0 spiro atoms. The lowest BCUT2D eigenvalue weighted by Gasteiger charge is -2.29. The van der Waals surface area contributed by atoms with Gasteiger partial charge in [0.05, 0.1) is 0 Å². The van der Waals surface area contributed by atoms with E-state index in [0.717, 1.165) is 25.9 Å². The number of benzene rings is 1. The molecule has 0 N–H and O–H groups in total. The Kier molecular flexibility index (Phi) is 5.00. The van der Waals surface area contributed by atoms with Crippen LogP contribution in [0.1, 0.15) is 38.4 Å². The lowest BCUT2D eigenvalue weighted by atomic mass is 9.92. The van der Waals surface area contributed by atoms with Crippen LogP contribution in [0.4, 0.5) is 13.2 Å². The highest BCUT2D eigenvalue weighted by atomic mass is 19.4. The first-order valence-corrected chi connectivity index (χ1v) is 8.69. The molecule has 1 atom stereocenters. The monoisotopic (exact) mass is 355 g/mol. The molecule has 2 heterocycles. The number of hydrogen-bond acceptors (Lipinski definition) is 3. The molecule has 1 aromatic heterocycles. The molecule has 1 fully saturated rings. The maximum atomic E-state index is 13.3. The third-order valence-electron chi connectivity index (χ3n) is 4.80. The van der Waals surface area contributed by atoms with Gasteiger partial charge in [0, 0.05) is 18.5 Å². The minimum atomic E-state index is -4.32. The van der Waals surface area contributed by atoms with Crippen molar-refractivity contribution in [3.8, 4) is 5.75 Å². The Morgan fingerprint density at radius 3 is 2.44 bits per heavy atom. The van der Waals surface area contributed by atoms with Gasteiger partial charge in [-0.05, 0) is 50.1 Å². The number of fused-ring (bicyclic) bond motifs is 1. The Morgan fingerprint density at radius 2 is 1.84 bits per heavy atom. The van der Waals surface area contributed by atoms with Crippen molar-refractivity contribution in [1.82, 2.24) is 4.90 Å². The van der Waals surface area contributed by atoms with Crippen LogP contribution in [0.15, 0.2) is 28.7 Å². The fourth-order valence-electron chi connectivity index (χ4n) is 3.43. The highest BCUT2D eigenvalue weighted by Gasteiger charge is 2.44. The Labute approximate surface area is 145 Å². The van der Waals surface area contributed by atoms with Gasteiger partial charge in [0.1, 0.15) is 29.1 Å². The van der Waals surface area contributed by atoms with Gasteiger partial charge in [-0.1, -0.05) is 13.8 Å². The summed E-state index contributed by atoms with van der Waals surface area (Å²) < 4.78 is 51.4. The van der Waals surface area contributed by atoms with Crippen LogP contribution in [0.2, 0.25) is 0 Å². The van der Waals surface area contributed by atoms with E-state index < -0.39 is 18.0 Å². The summed E-state index contributed by atoms with van der Waals surface area (Å²) in [5, 5.41) is 0.648. The lowest BCUT2D eigenvalue weighted by Crippen LogP contribution is -2.35. The molecule has 0 radical (unpaired) electrons. The molecule has 1 saturated heterocycles. The van der Waals surface area contributed by atoms with E-state index >= 15 is 0 Å². The van der Waals surface area contributed by atoms with Crippen LogP contribution in [0, 0.1) is 5.92 Å². The second kappa shape index (κ2) is 6.90. The molecule has 138 valence electrons. The SMILES string of the molecule is CC(C)C(c1cc2cc(OC3CCN(C)CC3)ccc2o1)C(F)(F)F. The molecule has 2 aromatic rings. The van der Waals surface area contributed by atoms with Crippen molar-refractivity contribution in [3.05, 3.63) is 30.0 Å². The fourth-order valence-corrected chi connectivity index (χ4v) is 3.43. The number of hydrogen-bond donors (Lipinski definition) is 0. The van der Waals surface area contributed by atoms with Crippen molar-refractivity contribution in [3.63, 3.8) is 0 Å². The number of piperidine rings is 1. The van der Waals surface area contributed by atoms with E-state index in [1.54, 1.807) is 32.0 Å². The van der Waals surface area contributed by atoms with E-state index in [-0.39, 0.29) is 11.9 Å². The topological polar surface area (TPSA) is 25.6 Å². The van der Waals surface area contributed by atoms with Crippen LogP contribution < -0.4 is 4.74 Å². The summed E-state index contributed by atoms with van der Waals surface area (Å²) in [5.74, 6) is -1.54. The predicted molar refractivity (Wildman–Crippen MR) is 91.0 cm³/mol. The number of rotatable bonds is 4. The summed E-state index contributed by atoms with van der Waals surface area (Å²) in [6.07, 6.45) is -2.27. The van der Waals surface area contributed by atoms with Gasteiger partial charge in [-0.15, -0.1) is 0 Å². The summed E-state index contributed by atoms with van der Waals surface area (Å²) in [4.78, 5) is 2.26. The highest BCUT2D eigenvalue weighted by Crippen LogP contribution is 2.42. The van der Waals surface area contributed by atoms with E-state index in [4.69, 9.17) is 9.15 Å². The van der Waals surface area contributed by atoms with E-state index in [0.29, 0.717) is 16.7 Å². The number of halogens is 3. The van der Waals surface area contributed by atoms with Crippen LogP contribution >= 0.6 is 0 Å². The molecule has 6 heteroatoms. The third kappa shape index (κ3) is 4.11. The Morgan fingerprint density at radius 1 is 1.16 bits per heavy atom. The molecule has 3 nitrogen and oxygen atoms in total. The number of furan rings is 1. The molecule has 0 aliphatic carbocycles. The first-order valence-electron chi connectivity index (χ1n) is 8.69. The second-order valence-corrected chi connectivity index (χ2v) is 7.23. The van der Waals surface area contributed by atoms with Gasteiger partial charge in [0.15, 0.2) is 0 Å². The van der Waals surface area contributed by atoms with E-state index in [2.05, 4.69) is 11.9 Å². The molecule has 1 aliphatic heterocycles. The zero-order valence-corrected chi connectivity index (χ0v) is 14.8. The van der Waals surface area contributed by atoms with Gasteiger partial charge in [0.25, 0.3) is 0 Å². The molecule has 0 bridgehead atoms. The summed E-state index contributed by atoms with van der Waals surface area (Å²) in [6, 6.07) is 6.73. The minimum Gasteiger partial charge on any atom is -0.490 e. The molecular formula is C19H24F3NO2. The van der Waals surface area contributed by atoms with Crippen LogP contribution in [-0.2, 0) is 0 Å². The number of alkyl halides is 3. The van der Waals surface area contributed by atoms with Crippen LogP contribution in [0.5, 0.6) is 5.75 Å². The lowest BCUT2D eigenvalue weighted by molar-refractivity contribution is -0.163. The van der Waals surface area contributed by atoms with Gasteiger partial charge in [0.2, 0.25) is 0 Å². The summed E-state index contributed by atoms with van der Waals surface area (Å²) in [6.45, 7) is 5.09. The molecule has 0 saturated carbocycles. The number of nitrogens with zero attached hydrogens (tertiary/aromatic N) is 1. The smallest absolute Gasteiger partial charge is 0.399 e. The van der Waals surface area contributed by atoms with Crippen molar-refractivity contribution in [2.24, 2.45) is 5.92 Å². The van der Waals surface area contributed by atoms with Gasteiger partial charge >= 0.3 is 6.18 Å². The van der Waals surface area contributed by atoms with Crippen LogP contribution in [-0.4, -0.2) is 37.3 Å². The molecule has 1 unspecified atom stereocenters.